The summed E-state index contributed by atoms with van der Waals surface area (Å²) in [6.45, 7) is 6.43. The van der Waals surface area contributed by atoms with Crippen molar-refractivity contribution in [1.82, 2.24) is 0 Å². The third-order valence-electron chi connectivity index (χ3n) is 3.38. The van der Waals surface area contributed by atoms with Crippen molar-refractivity contribution in [3.8, 4) is 0 Å². The lowest BCUT2D eigenvalue weighted by molar-refractivity contribution is 0.748. The monoisotopic (exact) mass is 273 g/mol. The molecular formula is C17H20ClN. The Hall–Kier alpha value is -1.47. The molecule has 2 rings (SSSR count). The maximum Gasteiger partial charge on any atom is 0.0511 e. The van der Waals surface area contributed by atoms with Crippen molar-refractivity contribution in [3.05, 3.63) is 64.2 Å². The number of nitrogens with one attached hydrogen (secondary N) is 1. The molecule has 1 nitrogen and oxygen atoms in total. The van der Waals surface area contributed by atoms with E-state index in [1.54, 1.807) is 0 Å². The molecule has 19 heavy (non-hydrogen) atoms. The highest BCUT2D eigenvalue weighted by Gasteiger charge is 2.10. The Morgan fingerprint density at radius 2 is 1.89 bits per heavy atom. The first-order valence-electron chi connectivity index (χ1n) is 6.69. The Morgan fingerprint density at radius 3 is 2.58 bits per heavy atom. The first-order chi connectivity index (χ1) is 9.10. The van der Waals surface area contributed by atoms with Crippen molar-refractivity contribution in [2.75, 3.05) is 5.32 Å². The van der Waals surface area contributed by atoms with Gasteiger partial charge in [-0.15, -0.1) is 0 Å². The normalized spacial score (nSPS) is 12.2. The fourth-order valence-electron chi connectivity index (χ4n) is 2.22. The van der Waals surface area contributed by atoms with Crippen LogP contribution < -0.4 is 5.32 Å². The van der Waals surface area contributed by atoms with Gasteiger partial charge in [-0.3, -0.25) is 0 Å². The Morgan fingerprint density at radius 1 is 1.11 bits per heavy atom. The highest BCUT2D eigenvalue weighted by Crippen LogP contribution is 2.27. The lowest BCUT2D eigenvalue weighted by atomic mass is 10.0. The van der Waals surface area contributed by atoms with Crippen LogP contribution in [-0.4, -0.2) is 0 Å². The molecule has 1 unspecified atom stereocenters. The number of hydrogen-bond acceptors (Lipinski definition) is 1. The number of aryl methyl sites for hydroxylation is 2. The lowest BCUT2D eigenvalue weighted by Crippen LogP contribution is -2.10. The molecule has 2 aromatic rings. The molecule has 0 saturated heterocycles. The predicted octanol–water partition coefficient (Wildman–Crippen LogP) is 5.52. The van der Waals surface area contributed by atoms with Gasteiger partial charge in [0.1, 0.15) is 0 Å². The summed E-state index contributed by atoms with van der Waals surface area (Å²) in [7, 11) is 0. The second kappa shape index (κ2) is 6.12. The van der Waals surface area contributed by atoms with Gasteiger partial charge in [-0.05, 0) is 55.2 Å². The Balaban J connectivity index is 2.26. The van der Waals surface area contributed by atoms with Gasteiger partial charge in [-0.25, -0.2) is 0 Å². The summed E-state index contributed by atoms with van der Waals surface area (Å²) in [5.74, 6) is 0. The molecule has 0 bridgehead atoms. The third kappa shape index (κ3) is 3.51. The van der Waals surface area contributed by atoms with Crippen LogP contribution in [0.1, 0.15) is 36.1 Å². The highest BCUT2D eigenvalue weighted by molar-refractivity contribution is 6.30. The number of rotatable bonds is 4. The van der Waals surface area contributed by atoms with E-state index in [0.29, 0.717) is 6.04 Å². The average Bonchev–Trinajstić information content (AvgIpc) is 2.39. The highest BCUT2D eigenvalue weighted by atomic mass is 35.5. The fraction of sp³-hybridized carbons (Fsp3) is 0.294. The van der Waals surface area contributed by atoms with Crippen molar-refractivity contribution in [3.63, 3.8) is 0 Å². The van der Waals surface area contributed by atoms with Crippen LogP contribution in [-0.2, 0) is 0 Å². The minimum atomic E-state index is 0.291. The molecule has 0 amide bonds. The molecule has 100 valence electrons. The van der Waals surface area contributed by atoms with E-state index in [4.69, 9.17) is 11.6 Å². The predicted molar refractivity (Wildman–Crippen MR) is 84.0 cm³/mol. The summed E-state index contributed by atoms with van der Waals surface area (Å²) in [6.07, 6.45) is 1.02. The van der Waals surface area contributed by atoms with Crippen LogP contribution in [0.2, 0.25) is 5.02 Å². The first kappa shape index (κ1) is 14.0. The van der Waals surface area contributed by atoms with E-state index in [9.17, 15) is 0 Å². The van der Waals surface area contributed by atoms with E-state index in [1.807, 2.05) is 18.2 Å². The van der Waals surface area contributed by atoms with Gasteiger partial charge in [-0.2, -0.15) is 0 Å². The summed E-state index contributed by atoms with van der Waals surface area (Å²) in [5.41, 5.74) is 4.97. The molecule has 1 atom stereocenters. The number of anilines is 1. The SMILES string of the molecule is CCC(Nc1cc(C)ccc1C)c1cccc(Cl)c1. The molecule has 2 aromatic carbocycles. The van der Waals surface area contributed by atoms with Gasteiger partial charge in [0, 0.05) is 10.7 Å². The van der Waals surface area contributed by atoms with E-state index in [2.05, 4.69) is 50.4 Å². The molecule has 1 N–H and O–H groups in total. The number of halogens is 1. The van der Waals surface area contributed by atoms with Crippen molar-refractivity contribution >= 4 is 17.3 Å². The minimum absolute atomic E-state index is 0.291. The van der Waals surface area contributed by atoms with E-state index < -0.39 is 0 Å². The zero-order valence-electron chi connectivity index (χ0n) is 11.7. The molecule has 0 spiro atoms. The fourth-order valence-corrected chi connectivity index (χ4v) is 2.42. The Labute approximate surface area is 120 Å². The zero-order valence-corrected chi connectivity index (χ0v) is 12.5. The van der Waals surface area contributed by atoms with Crippen molar-refractivity contribution in [2.45, 2.75) is 33.2 Å². The summed E-state index contributed by atoms with van der Waals surface area (Å²) >= 11 is 6.08. The molecule has 2 heteroatoms. The van der Waals surface area contributed by atoms with Crippen LogP contribution in [0.25, 0.3) is 0 Å². The largest absolute Gasteiger partial charge is 0.378 e. The van der Waals surface area contributed by atoms with Gasteiger partial charge in [0.2, 0.25) is 0 Å². The molecule has 0 saturated carbocycles. The molecule has 0 fully saturated rings. The Bertz CT molecular complexity index is 563. The molecule has 0 heterocycles. The molecule has 0 radical (unpaired) electrons. The first-order valence-corrected chi connectivity index (χ1v) is 7.07. The van der Waals surface area contributed by atoms with Crippen LogP contribution in [0.15, 0.2) is 42.5 Å². The van der Waals surface area contributed by atoms with Crippen LogP contribution in [0.5, 0.6) is 0 Å². The zero-order chi connectivity index (χ0) is 13.8. The van der Waals surface area contributed by atoms with Crippen LogP contribution >= 0.6 is 11.6 Å². The number of benzene rings is 2. The number of hydrogen-bond donors (Lipinski definition) is 1. The average molecular weight is 274 g/mol. The topological polar surface area (TPSA) is 12.0 Å². The lowest BCUT2D eigenvalue weighted by Gasteiger charge is -2.21. The summed E-state index contributed by atoms with van der Waals surface area (Å²) < 4.78 is 0. The summed E-state index contributed by atoms with van der Waals surface area (Å²) in [6, 6.07) is 14.9. The second-order valence-electron chi connectivity index (χ2n) is 4.98. The van der Waals surface area contributed by atoms with Gasteiger partial charge < -0.3 is 5.32 Å². The van der Waals surface area contributed by atoms with E-state index in [1.165, 1.54) is 22.4 Å². The maximum atomic E-state index is 6.08. The molecule has 0 aliphatic rings. The van der Waals surface area contributed by atoms with Gasteiger partial charge in [0.05, 0.1) is 6.04 Å². The van der Waals surface area contributed by atoms with Crippen molar-refractivity contribution < 1.29 is 0 Å². The van der Waals surface area contributed by atoms with Gasteiger partial charge >= 0.3 is 0 Å². The van der Waals surface area contributed by atoms with Crippen molar-refractivity contribution in [2.24, 2.45) is 0 Å². The maximum absolute atomic E-state index is 6.08. The van der Waals surface area contributed by atoms with Crippen LogP contribution in [0.3, 0.4) is 0 Å². The van der Waals surface area contributed by atoms with Crippen molar-refractivity contribution in [1.29, 1.82) is 0 Å². The molecule has 0 aromatic heterocycles. The third-order valence-corrected chi connectivity index (χ3v) is 3.62. The van der Waals surface area contributed by atoms with E-state index in [0.717, 1.165) is 11.4 Å². The van der Waals surface area contributed by atoms with Gasteiger partial charge in [-0.1, -0.05) is 42.8 Å². The van der Waals surface area contributed by atoms with Crippen LogP contribution in [0, 0.1) is 13.8 Å². The summed E-state index contributed by atoms with van der Waals surface area (Å²) in [5, 5.41) is 4.41. The molecular weight excluding hydrogens is 254 g/mol. The van der Waals surface area contributed by atoms with E-state index >= 15 is 0 Å². The minimum Gasteiger partial charge on any atom is -0.378 e. The quantitative estimate of drug-likeness (QED) is 0.773. The molecule has 0 aliphatic heterocycles. The van der Waals surface area contributed by atoms with Gasteiger partial charge in [0.25, 0.3) is 0 Å². The van der Waals surface area contributed by atoms with E-state index in [-0.39, 0.29) is 0 Å². The standard InChI is InChI=1S/C17H20ClN/c1-4-16(14-6-5-7-15(18)11-14)19-17-10-12(2)8-9-13(17)3/h5-11,16,19H,4H2,1-3H3. The van der Waals surface area contributed by atoms with Crippen LogP contribution in [0.4, 0.5) is 5.69 Å². The van der Waals surface area contributed by atoms with Gasteiger partial charge in [0.15, 0.2) is 0 Å². The summed E-state index contributed by atoms with van der Waals surface area (Å²) in [4.78, 5) is 0. The smallest absolute Gasteiger partial charge is 0.0511 e. The molecule has 0 aliphatic carbocycles. The Kier molecular flexibility index (Phi) is 4.49. The second-order valence-corrected chi connectivity index (χ2v) is 5.41.